The Morgan fingerprint density at radius 2 is 1.44 bits per heavy atom. The van der Waals surface area contributed by atoms with E-state index >= 15 is 0 Å². The molecule has 0 saturated carbocycles. The number of nitrogens with zero attached hydrogens (tertiary/aromatic N) is 2. The van der Waals surface area contributed by atoms with E-state index in [1.807, 2.05) is 57.2 Å². The number of amides is 1. The van der Waals surface area contributed by atoms with Gasteiger partial charge >= 0.3 is 5.97 Å². The van der Waals surface area contributed by atoms with Crippen LogP contribution < -0.4 is 4.90 Å². The first-order valence-corrected chi connectivity index (χ1v) is 11.3. The Hall–Kier alpha value is -3.86. The van der Waals surface area contributed by atoms with Gasteiger partial charge in [0.2, 0.25) is 0 Å². The summed E-state index contributed by atoms with van der Waals surface area (Å²) in [5.41, 5.74) is 9.41. The van der Waals surface area contributed by atoms with Gasteiger partial charge in [0.15, 0.2) is 0 Å². The molecule has 1 amide bonds. The lowest BCUT2D eigenvalue weighted by molar-refractivity contribution is -0.136. The second-order valence-corrected chi connectivity index (χ2v) is 8.99. The molecule has 0 fully saturated rings. The molecule has 1 aliphatic heterocycles. The number of aryl methyl sites for hydroxylation is 4. The third kappa shape index (κ3) is 3.98. The van der Waals surface area contributed by atoms with Crippen LogP contribution in [0.1, 0.15) is 40.6 Å². The molecule has 0 radical (unpaired) electrons. The van der Waals surface area contributed by atoms with E-state index < -0.39 is 5.97 Å². The van der Waals surface area contributed by atoms with E-state index in [-0.39, 0.29) is 5.91 Å². The van der Waals surface area contributed by atoms with Crippen LogP contribution in [0.15, 0.2) is 65.4 Å². The largest absolute Gasteiger partial charge is 0.465 e. The molecule has 0 N–H and O–H groups in total. The van der Waals surface area contributed by atoms with Crippen LogP contribution in [0.3, 0.4) is 0 Å². The van der Waals surface area contributed by atoms with Gasteiger partial charge in [-0.1, -0.05) is 23.8 Å². The van der Waals surface area contributed by atoms with Crippen LogP contribution in [-0.4, -0.2) is 23.6 Å². The summed E-state index contributed by atoms with van der Waals surface area (Å²) in [5.74, 6) is -0.757. The predicted molar refractivity (Wildman–Crippen MR) is 136 cm³/mol. The van der Waals surface area contributed by atoms with Crippen molar-refractivity contribution >= 4 is 23.6 Å². The Morgan fingerprint density at radius 1 is 0.824 bits per heavy atom. The zero-order valence-corrected chi connectivity index (χ0v) is 20.8. The number of methoxy groups -OCH3 is 1. The first-order valence-electron chi connectivity index (χ1n) is 11.3. The van der Waals surface area contributed by atoms with E-state index in [2.05, 4.69) is 36.6 Å². The molecule has 0 atom stereocenters. The lowest BCUT2D eigenvalue weighted by atomic mass is 10.0. The number of carbonyl (C=O) groups is 2. The van der Waals surface area contributed by atoms with Crippen molar-refractivity contribution in [3.63, 3.8) is 0 Å². The van der Waals surface area contributed by atoms with Crippen molar-refractivity contribution in [1.29, 1.82) is 0 Å². The number of ether oxygens (including phenoxy) is 1. The Bertz CT molecular complexity index is 1350. The van der Waals surface area contributed by atoms with Gasteiger partial charge in [0.25, 0.3) is 5.91 Å². The lowest BCUT2D eigenvalue weighted by Gasteiger charge is -2.18. The van der Waals surface area contributed by atoms with E-state index in [4.69, 9.17) is 4.74 Å². The topological polar surface area (TPSA) is 51.5 Å². The number of esters is 1. The fraction of sp³-hybridized carbons (Fsp3) is 0.241. The first kappa shape index (κ1) is 23.3. The summed E-state index contributed by atoms with van der Waals surface area (Å²) in [6, 6.07) is 16.2. The molecule has 34 heavy (non-hydrogen) atoms. The van der Waals surface area contributed by atoms with Gasteiger partial charge in [-0.3, -0.25) is 9.69 Å². The molecule has 5 nitrogen and oxygen atoms in total. The van der Waals surface area contributed by atoms with Crippen LogP contribution in [0.4, 0.5) is 5.69 Å². The van der Waals surface area contributed by atoms with Crippen molar-refractivity contribution in [1.82, 2.24) is 4.57 Å². The van der Waals surface area contributed by atoms with Gasteiger partial charge in [-0.2, -0.15) is 0 Å². The normalized spacial score (nSPS) is 15.0. The monoisotopic (exact) mass is 454 g/mol. The van der Waals surface area contributed by atoms with Crippen molar-refractivity contribution in [2.75, 3.05) is 12.0 Å². The van der Waals surface area contributed by atoms with Crippen molar-refractivity contribution < 1.29 is 14.3 Å². The molecule has 5 heteroatoms. The summed E-state index contributed by atoms with van der Waals surface area (Å²) in [5, 5.41) is 0. The number of aromatic nitrogens is 1. The first-order chi connectivity index (χ1) is 16.1. The zero-order chi connectivity index (χ0) is 24.7. The second-order valence-electron chi connectivity index (χ2n) is 8.99. The predicted octanol–water partition coefficient (Wildman–Crippen LogP) is 5.90. The van der Waals surface area contributed by atoms with Crippen LogP contribution >= 0.6 is 0 Å². The third-order valence-corrected chi connectivity index (χ3v) is 6.32. The highest BCUT2D eigenvalue weighted by Crippen LogP contribution is 2.36. The molecule has 1 aliphatic rings. The summed E-state index contributed by atoms with van der Waals surface area (Å²) >= 11 is 0. The van der Waals surface area contributed by atoms with Crippen molar-refractivity contribution in [2.24, 2.45) is 0 Å². The highest BCUT2D eigenvalue weighted by atomic mass is 16.5. The van der Waals surface area contributed by atoms with Crippen LogP contribution in [0, 0.1) is 34.6 Å². The quantitative estimate of drug-likeness (QED) is 0.364. The van der Waals surface area contributed by atoms with Crippen LogP contribution in [-0.2, 0) is 14.3 Å². The number of hydrogen-bond acceptors (Lipinski definition) is 3. The highest BCUT2D eigenvalue weighted by molar-refractivity contribution is 6.23. The van der Waals surface area contributed by atoms with Gasteiger partial charge in [-0.15, -0.1) is 0 Å². The number of benzene rings is 2. The van der Waals surface area contributed by atoms with Gasteiger partial charge < -0.3 is 9.30 Å². The lowest BCUT2D eigenvalue weighted by Crippen LogP contribution is -2.24. The van der Waals surface area contributed by atoms with Gasteiger partial charge in [0.1, 0.15) is 0 Å². The van der Waals surface area contributed by atoms with E-state index in [1.54, 1.807) is 11.8 Å². The van der Waals surface area contributed by atoms with Gasteiger partial charge in [0, 0.05) is 28.5 Å². The molecule has 0 aliphatic carbocycles. The molecule has 2 aromatic carbocycles. The Morgan fingerprint density at radius 3 is 2.03 bits per heavy atom. The summed E-state index contributed by atoms with van der Waals surface area (Å²) in [7, 11) is 1.34. The summed E-state index contributed by atoms with van der Waals surface area (Å²) < 4.78 is 7.24. The minimum Gasteiger partial charge on any atom is -0.465 e. The minimum absolute atomic E-state index is 0.238. The van der Waals surface area contributed by atoms with Gasteiger partial charge in [-0.05, 0) is 94.6 Å². The second kappa shape index (κ2) is 8.82. The minimum atomic E-state index is -0.519. The molecule has 1 aromatic heterocycles. The Labute approximate surface area is 201 Å². The van der Waals surface area contributed by atoms with E-state index in [1.165, 1.54) is 18.2 Å². The number of hydrogen-bond donors (Lipinski definition) is 0. The number of carbonyl (C=O) groups excluding carboxylic acids is 2. The maximum atomic E-state index is 13.6. The molecule has 0 saturated heterocycles. The average molecular weight is 455 g/mol. The molecule has 0 spiro atoms. The smallest absolute Gasteiger partial charge is 0.340 e. The molecular weight excluding hydrogens is 424 g/mol. The molecule has 4 rings (SSSR count). The Balaban J connectivity index is 1.85. The third-order valence-electron chi connectivity index (χ3n) is 6.32. The zero-order valence-electron chi connectivity index (χ0n) is 20.8. The summed E-state index contributed by atoms with van der Waals surface area (Å²) in [4.78, 5) is 27.9. The van der Waals surface area contributed by atoms with Gasteiger partial charge in [-0.25, -0.2) is 4.79 Å². The molecule has 174 valence electrons. The molecule has 0 unspecified atom stereocenters. The molecule has 2 heterocycles. The van der Waals surface area contributed by atoms with E-state index in [9.17, 15) is 9.59 Å². The number of allylic oxidation sites excluding steroid dienone is 1. The standard InChI is InChI=1S/C29H30N2O3/c1-17-8-10-24(11-9-17)31-22(6)27(29(33)34-7)26(28(31)32)16-23-15-20(4)30(21(23)5)25-13-18(2)12-19(3)14-25/h8-16H,1-7H3/b26-16-. The molecule has 0 bridgehead atoms. The maximum absolute atomic E-state index is 13.6. The van der Waals surface area contributed by atoms with Crippen molar-refractivity contribution in [2.45, 2.75) is 41.5 Å². The number of anilines is 1. The fourth-order valence-electron chi connectivity index (χ4n) is 4.75. The molecular formula is C29H30N2O3. The van der Waals surface area contributed by atoms with Crippen LogP contribution in [0.2, 0.25) is 0 Å². The van der Waals surface area contributed by atoms with Crippen LogP contribution in [0.5, 0.6) is 0 Å². The van der Waals surface area contributed by atoms with Crippen molar-refractivity contribution in [3.05, 3.63) is 99.0 Å². The maximum Gasteiger partial charge on any atom is 0.340 e. The SMILES string of the molecule is COC(=O)C1=C(C)N(c2ccc(C)cc2)C(=O)/C1=C\c1cc(C)n(-c2cc(C)cc(C)c2)c1C. The van der Waals surface area contributed by atoms with Crippen molar-refractivity contribution in [3.8, 4) is 5.69 Å². The van der Waals surface area contributed by atoms with Crippen LogP contribution in [0.25, 0.3) is 11.8 Å². The highest BCUT2D eigenvalue weighted by Gasteiger charge is 2.38. The fourth-order valence-corrected chi connectivity index (χ4v) is 4.75. The van der Waals surface area contributed by atoms with E-state index in [0.717, 1.165) is 33.9 Å². The average Bonchev–Trinajstić information content (AvgIpc) is 3.19. The summed E-state index contributed by atoms with van der Waals surface area (Å²) in [6.07, 6.45) is 1.81. The Kier molecular flexibility index (Phi) is 6.05. The summed E-state index contributed by atoms with van der Waals surface area (Å²) in [6.45, 7) is 12.0. The molecule has 3 aromatic rings. The van der Waals surface area contributed by atoms with E-state index in [0.29, 0.717) is 16.8 Å². The van der Waals surface area contributed by atoms with Gasteiger partial charge in [0.05, 0.1) is 18.3 Å². The number of rotatable bonds is 4.